The molecule has 2 rings (SSSR count). The molecule has 0 spiro atoms. The lowest BCUT2D eigenvalue weighted by molar-refractivity contribution is 0.549. The predicted octanol–water partition coefficient (Wildman–Crippen LogP) is 2.43. The first-order chi connectivity index (χ1) is 6.79. The van der Waals surface area contributed by atoms with Gasteiger partial charge in [0, 0.05) is 12.7 Å². The van der Waals surface area contributed by atoms with Crippen LogP contribution in [0.1, 0.15) is 10.8 Å². The Bertz CT molecular complexity index is 419. The molecule has 2 heterocycles. The third-order valence-corrected chi connectivity index (χ3v) is 2.88. The third-order valence-electron chi connectivity index (χ3n) is 1.86. The lowest BCUT2D eigenvalue weighted by Crippen LogP contribution is -2.03. The van der Waals surface area contributed by atoms with E-state index < -0.39 is 0 Å². The van der Waals surface area contributed by atoms with Gasteiger partial charge in [0.15, 0.2) is 0 Å². The normalized spacial score (nSPS) is 10.7. The molecule has 0 bridgehead atoms. The molecule has 4 heteroatoms. The SMILES string of the molecule is CNCc1ncc(-c2ccc(C)o2)s1. The molecule has 1 N–H and O–H groups in total. The second kappa shape index (κ2) is 3.94. The first-order valence-corrected chi connectivity index (χ1v) is 5.27. The predicted molar refractivity (Wildman–Crippen MR) is 57.3 cm³/mol. The summed E-state index contributed by atoms with van der Waals surface area (Å²) in [5.74, 6) is 1.84. The van der Waals surface area contributed by atoms with Crippen LogP contribution in [0, 0.1) is 6.92 Å². The van der Waals surface area contributed by atoms with Crippen LogP contribution in [0.4, 0.5) is 0 Å². The van der Waals surface area contributed by atoms with Crippen molar-refractivity contribution in [3.8, 4) is 10.6 Å². The summed E-state index contributed by atoms with van der Waals surface area (Å²) in [5.41, 5.74) is 0. The van der Waals surface area contributed by atoms with E-state index in [1.807, 2.05) is 32.3 Å². The molecule has 14 heavy (non-hydrogen) atoms. The van der Waals surface area contributed by atoms with Gasteiger partial charge in [-0.05, 0) is 26.1 Å². The van der Waals surface area contributed by atoms with Gasteiger partial charge in [-0.1, -0.05) is 0 Å². The molecular formula is C10H12N2OS. The van der Waals surface area contributed by atoms with E-state index in [-0.39, 0.29) is 0 Å². The highest BCUT2D eigenvalue weighted by Gasteiger charge is 2.06. The zero-order valence-corrected chi connectivity index (χ0v) is 9.02. The van der Waals surface area contributed by atoms with Crippen molar-refractivity contribution in [2.45, 2.75) is 13.5 Å². The quantitative estimate of drug-likeness (QED) is 0.841. The van der Waals surface area contributed by atoms with Crippen molar-refractivity contribution < 1.29 is 4.42 Å². The number of rotatable bonds is 3. The second-order valence-corrected chi connectivity index (χ2v) is 4.17. The summed E-state index contributed by atoms with van der Waals surface area (Å²) in [4.78, 5) is 5.37. The fraction of sp³-hybridized carbons (Fsp3) is 0.300. The maximum atomic E-state index is 5.51. The number of nitrogens with zero attached hydrogens (tertiary/aromatic N) is 1. The average Bonchev–Trinajstić information content (AvgIpc) is 2.74. The van der Waals surface area contributed by atoms with Gasteiger partial charge in [0.05, 0.1) is 4.88 Å². The van der Waals surface area contributed by atoms with Crippen molar-refractivity contribution in [2.24, 2.45) is 0 Å². The molecule has 0 atom stereocenters. The Kier molecular flexibility index (Phi) is 2.65. The molecule has 0 aliphatic heterocycles. The minimum Gasteiger partial charge on any atom is -0.460 e. The molecule has 0 aliphatic carbocycles. The van der Waals surface area contributed by atoms with Crippen molar-refractivity contribution in [3.63, 3.8) is 0 Å². The summed E-state index contributed by atoms with van der Waals surface area (Å²) in [5, 5.41) is 4.15. The van der Waals surface area contributed by atoms with Gasteiger partial charge in [-0.15, -0.1) is 11.3 Å². The van der Waals surface area contributed by atoms with Crippen LogP contribution in [0.5, 0.6) is 0 Å². The highest BCUT2D eigenvalue weighted by molar-refractivity contribution is 7.15. The van der Waals surface area contributed by atoms with Gasteiger partial charge in [0.25, 0.3) is 0 Å². The number of aryl methyl sites for hydroxylation is 1. The zero-order valence-electron chi connectivity index (χ0n) is 8.20. The highest BCUT2D eigenvalue weighted by atomic mass is 32.1. The Labute approximate surface area is 86.8 Å². The van der Waals surface area contributed by atoms with Crippen molar-refractivity contribution in [1.29, 1.82) is 0 Å². The van der Waals surface area contributed by atoms with E-state index in [1.54, 1.807) is 11.3 Å². The minimum absolute atomic E-state index is 0.810. The van der Waals surface area contributed by atoms with Gasteiger partial charge in [-0.3, -0.25) is 0 Å². The Balaban J connectivity index is 2.24. The summed E-state index contributed by atoms with van der Waals surface area (Å²) in [6.07, 6.45) is 1.86. The molecule has 74 valence electrons. The van der Waals surface area contributed by atoms with Gasteiger partial charge < -0.3 is 9.73 Å². The van der Waals surface area contributed by atoms with E-state index in [4.69, 9.17) is 4.42 Å². The van der Waals surface area contributed by atoms with Crippen LogP contribution >= 0.6 is 11.3 Å². The molecule has 2 aromatic heterocycles. The topological polar surface area (TPSA) is 38.1 Å². The molecule has 0 amide bonds. The first kappa shape index (κ1) is 9.43. The van der Waals surface area contributed by atoms with Crippen LogP contribution in [-0.4, -0.2) is 12.0 Å². The molecule has 0 aliphatic rings. The van der Waals surface area contributed by atoms with Crippen molar-refractivity contribution in [1.82, 2.24) is 10.3 Å². The van der Waals surface area contributed by atoms with Crippen LogP contribution in [0.3, 0.4) is 0 Å². The number of hydrogen-bond acceptors (Lipinski definition) is 4. The number of furan rings is 1. The molecule has 0 radical (unpaired) electrons. The Morgan fingerprint density at radius 1 is 1.50 bits per heavy atom. The summed E-state index contributed by atoms with van der Waals surface area (Å²) in [6.45, 7) is 2.75. The van der Waals surface area contributed by atoms with E-state index in [0.717, 1.165) is 28.0 Å². The number of thiazole rings is 1. The van der Waals surface area contributed by atoms with Crippen LogP contribution in [-0.2, 0) is 6.54 Å². The Morgan fingerprint density at radius 3 is 3.00 bits per heavy atom. The van der Waals surface area contributed by atoms with E-state index in [1.165, 1.54) is 0 Å². The van der Waals surface area contributed by atoms with Gasteiger partial charge in [0.1, 0.15) is 16.5 Å². The first-order valence-electron chi connectivity index (χ1n) is 4.45. The molecule has 0 unspecified atom stereocenters. The lowest BCUT2D eigenvalue weighted by Gasteiger charge is -1.90. The van der Waals surface area contributed by atoms with E-state index in [0.29, 0.717) is 0 Å². The summed E-state index contributed by atoms with van der Waals surface area (Å²) >= 11 is 1.66. The molecule has 3 nitrogen and oxygen atoms in total. The maximum Gasteiger partial charge on any atom is 0.145 e. The van der Waals surface area contributed by atoms with Gasteiger partial charge in [0.2, 0.25) is 0 Å². The summed E-state index contributed by atoms with van der Waals surface area (Å²) < 4.78 is 5.51. The number of nitrogens with one attached hydrogen (secondary N) is 1. The fourth-order valence-electron chi connectivity index (χ4n) is 1.22. The monoisotopic (exact) mass is 208 g/mol. The van der Waals surface area contributed by atoms with Crippen LogP contribution < -0.4 is 5.32 Å². The molecule has 2 aromatic rings. The molecular weight excluding hydrogens is 196 g/mol. The maximum absolute atomic E-state index is 5.51. The Morgan fingerprint density at radius 2 is 2.36 bits per heavy atom. The van der Waals surface area contributed by atoms with Crippen molar-refractivity contribution >= 4 is 11.3 Å². The van der Waals surface area contributed by atoms with Crippen LogP contribution in [0.25, 0.3) is 10.6 Å². The smallest absolute Gasteiger partial charge is 0.145 e. The minimum atomic E-state index is 0.810. The number of aromatic nitrogens is 1. The summed E-state index contributed by atoms with van der Waals surface area (Å²) in [7, 11) is 1.91. The lowest BCUT2D eigenvalue weighted by atomic mass is 10.4. The molecule has 0 saturated carbocycles. The van der Waals surface area contributed by atoms with E-state index in [2.05, 4.69) is 10.3 Å². The van der Waals surface area contributed by atoms with E-state index in [9.17, 15) is 0 Å². The van der Waals surface area contributed by atoms with Crippen molar-refractivity contribution in [2.75, 3.05) is 7.05 Å². The molecule has 0 saturated heterocycles. The number of hydrogen-bond donors (Lipinski definition) is 1. The van der Waals surface area contributed by atoms with Crippen LogP contribution in [0.15, 0.2) is 22.7 Å². The third kappa shape index (κ3) is 1.86. The fourth-order valence-corrected chi connectivity index (χ4v) is 2.12. The standard InChI is InChI=1S/C10H12N2OS/c1-7-3-4-8(13-7)9-5-12-10(14-9)6-11-2/h3-5,11H,6H2,1-2H3. The Hall–Kier alpha value is -1.13. The largest absolute Gasteiger partial charge is 0.460 e. The van der Waals surface area contributed by atoms with Crippen LogP contribution in [0.2, 0.25) is 0 Å². The van der Waals surface area contributed by atoms with E-state index >= 15 is 0 Å². The zero-order chi connectivity index (χ0) is 9.97. The van der Waals surface area contributed by atoms with Gasteiger partial charge >= 0.3 is 0 Å². The van der Waals surface area contributed by atoms with Crippen molar-refractivity contribution in [3.05, 3.63) is 29.1 Å². The average molecular weight is 208 g/mol. The second-order valence-electron chi connectivity index (χ2n) is 3.06. The summed E-state index contributed by atoms with van der Waals surface area (Å²) in [6, 6.07) is 3.94. The molecule has 0 fully saturated rings. The highest BCUT2D eigenvalue weighted by Crippen LogP contribution is 2.27. The van der Waals surface area contributed by atoms with Gasteiger partial charge in [-0.2, -0.15) is 0 Å². The molecule has 0 aromatic carbocycles. The van der Waals surface area contributed by atoms with Gasteiger partial charge in [-0.25, -0.2) is 4.98 Å².